The van der Waals surface area contributed by atoms with Gasteiger partial charge in [-0.2, -0.15) is 0 Å². The van der Waals surface area contributed by atoms with Crippen LogP contribution in [0.25, 0.3) is 10.7 Å². The van der Waals surface area contributed by atoms with Crippen LogP contribution >= 0.6 is 23.1 Å². The van der Waals surface area contributed by atoms with Gasteiger partial charge in [0.15, 0.2) is 17.4 Å². The fourth-order valence-electron chi connectivity index (χ4n) is 2.71. The molecule has 0 aliphatic rings. The Morgan fingerprint density at radius 1 is 1.36 bits per heavy atom. The summed E-state index contributed by atoms with van der Waals surface area (Å²) in [6.07, 6.45) is 0. The first-order chi connectivity index (χ1) is 11.9. The number of hydrogen-bond acceptors (Lipinski definition) is 7. The number of nitrogen functional groups attached to an aromatic ring is 1. The third-order valence-electron chi connectivity index (χ3n) is 3.81. The van der Waals surface area contributed by atoms with E-state index in [1.165, 1.54) is 34.7 Å². The molecule has 7 nitrogen and oxygen atoms in total. The number of Topliss-reactive ketones (excluding diaryl/α,β-unsaturated/α-hetero) is 2. The molecular weight excluding hydrogens is 358 g/mol. The number of nitrogens with zero attached hydrogens (tertiary/aromatic N) is 3. The molecule has 0 saturated heterocycles. The number of aryl methyl sites for hydroxylation is 1. The predicted octanol–water partition coefficient (Wildman–Crippen LogP) is 2.84. The van der Waals surface area contributed by atoms with Crippen LogP contribution in [-0.4, -0.2) is 37.2 Å². The molecule has 0 atom stereocenters. The average molecular weight is 375 g/mol. The van der Waals surface area contributed by atoms with Crippen molar-refractivity contribution < 1.29 is 9.59 Å². The fraction of sp³-hybridized carbons (Fsp3) is 0.250. The van der Waals surface area contributed by atoms with Crippen molar-refractivity contribution in [2.75, 3.05) is 11.6 Å². The molecule has 0 radical (unpaired) electrons. The molecule has 9 heteroatoms. The SMILES string of the molecule is CC(=O)c1c(C)[nH]c(C(=O)CSc2nnc(-c3cccs3)n2N)c1C. The van der Waals surface area contributed by atoms with Gasteiger partial charge in [0.25, 0.3) is 0 Å². The third kappa shape index (κ3) is 3.24. The predicted molar refractivity (Wildman–Crippen MR) is 98.8 cm³/mol. The molecule has 3 aromatic rings. The van der Waals surface area contributed by atoms with E-state index in [1.54, 1.807) is 13.8 Å². The van der Waals surface area contributed by atoms with Gasteiger partial charge in [0, 0.05) is 11.3 Å². The third-order valence-corrected chi connectivity index (χ3v) is 5.62. The number of aromatic amines is 1. The number of nitrogens with one attached hydrogen (secondary N) is 1. The maximum Gasteiger partial charge on any atom is 0.210 e. The van der Waals surface area contributed by atoms with Crippen molar-refractivity contribution in [3.05, 3.63) is 40.0 Å². The van der Waals surface area contributed by atoms with Crippen molar-refractivity contribution in [2.24, 2.45) is 0 Å². The second-order valence-corrected chi connectivity index (χ2v) is 7.44. The molecule has 0 amide bonds. The molecule has 3 heterocycles. The lowest BCUT2D eigenvalue weighted by Crippen LogP contribution is -2.12. The number of H-pyrrole nitrogens is 1. The average Bonchev–Trinajstić information content (AvgIpc) is 3.25. The Hall–Kier alpha value is -2.39. The first-order valence-electron chi connectivity index (χ1n) is 7.50. The molecule has 0 aliphatic heterocycles. The van der Waals surface area contributed by atoms with Crippen LogP contribution in [-0.2, 0) is 0 Å². The van der Waals surface area contributed by atoms with Crippen molar-refractivity contribution in [2.45, 2.75) is 25.9 Å². The normalized spacial score (nSPS) is 11.0. The molecule has 3 N–H and O–H groups in total. The lowest BCUT2D eigenvalue weighted by atomic mass is 10.1. The molecule has 130 valence electrons. The molecule has 0 spiro atoms. The first-order valence-corrected chi connectivity index (χ1v) is 9.37. The van der Waals surface area contributed by atoms with Gasteiger partial charge >= 0.3 is 0 Å². The number of ketones is 2. The van der Waals surface area contributed by atoms with Gasteiger partial charge < -0.3 is 10.8 Å². The Labute approximate surface area is 152 Å². The number of carbonyl (C=O) groups excluding carboxylic acids is 2. The second kappa shape index (κ2) is 6.85. The summed E-state index contributed by atoms with van der Waals surface area (Å²) < 4.78 is 1.39. The number of hydrogen-bond donors (Lipinski definition) is 2. The summed E-state index contributed by atoms with van der Waals surface area (Å²) in [5.41, 5.74) is 2.43. The summed E-state index contributed by atoms with van der Waals surface area (Å²) in [5.74, 6) is 6.58. The molecule has 0 bridgehead atoms. The maximum atomic E-state index is 12.5. The summed E-state index contributed by atoms with van der Waals surface area (Å²) >= 11 is 2.73. The summed E-state index contributed by atoms with van der Waals surface area (Å²) in [5, 5.41) is 10.5. The van der Waals surface area contributed by atoms with Gasteiger partial charge in [-0.3, -0.25) is 9.59 Å². The molecule has 3 aromatic heterocycles. The highest BCUT2D eigenvalue weighted by Gasteiger charge is 2.21. The zero-order valence-electron chi connectivity index (χ0n) is 14.0. The standard InChI is InChI=1S/C16H17N5O2S2/c1-8-13(10(3)22)9(2)18-14(8)11(23)7-25-16-20-19-15(21(16)17)12-5-4-6-24-12/h4-6,18H,7,17H2,1-3H3. The van der Waals surface area contributed by atoms with E-state index < -0.39 is 0 Å². The zero-order chi connectivity index (χ0) is 18.1. The van der Waals surface area contributed by atoms with E-state index in [2.05, 4.69) is 15.2 Å². The zero-order valence-corrected chi connectivity index (χ0v) is 15.6. The molecule has 25 heavy (non-hydrogen) atoms. The quantitative estimate of drug-likeness (QED) is 0.390. The van der Waals surface area contributed by atoms with Crippen LogP contribution in [0.5, 0.6) is 0 Å². The van der Waals surface area contributed by atoms with E-state index in [0.29, 0.717) is 33.5 Å². The van der Waals surface area contributed by atoms with Crippen LogP contribution in [0, 0.1) is 13.8 Å². The van der Waals surface area contributed by atoms with Crippen LogP contribution in [0.4, 0.5) is 0 Å². The van der Waals surface area contributed by atoms with Gasteiger partial charge in [-0.05, 0) is 37.8 Å². The number of aromatic nitrogens is 4. The van der Waals surface area contributed by atoms with Gasteiger partial charge in [-0.25, -0.2) is 4.68 Å². The lowest BCUT2D eigenvalue weighted by Gasteiger charge is -2.02. The van der Waals surface area contributed by atoms with Gasteiger partial charge in [0.05, 0.1) is 16.3 Å². The van der Waals surface area contributed by atoms with E-state index in [0.717, 1.165) is 4.88 Å². The van der Waals surface area contributed by atoms with Gasteiger partial charge in [-0.1, -0.05) is 17.8 Å². The topological polar surface area (TPSA) is 107 Å². The largest absolute Gasteiger partial charge is 0.355 e. The first kappa shape index (κ1) is 17.4. The second-order valence-electron chi connectivity index (χ2n) is 5.55. The Kier molecular flexibility index (Phi) is 4.78. The minimum atomic E-state index is -0.112. The van der Waals surface area contributed by atoms with Gasteiger partial charge in [-0.15, -0.1) is 21.5 Å². The number of nitrogens with two attached hydrogens (primary N) is 1. The number of thioether (sulfide) groups is 1. The summed E-state index contributed by atoms with van der Waals surface area (Å²) in [7, 11) is 0. The Morgan fingerprint density at radius 3 is 2.72 bits per heavy atom. The van der Waals surface area contributed by atoms with Crippen molar-refractivity contribution in [1.29, 1.82) is 0 Å². The smallest absolute Gasteiger partial charge is 0.210 e. The summed E-state index contributed by atoms with van der Waals surface area (Å²) in [6, 6.07) is 3.82. The van der Waals surface area contributed by atoms with E-state index in [-0.39, 0.29) is 17.3 Å². The highest BCUT2D eigenvalue weighted by Crippen LogP contribution is 2.26. The van der Waals surface area contributed by atoms with Crippen molar-refractivity contribution >= 4 is 34.7 Å². The fourth-order valence-corrected chi connectivity index (χ4v) is 4.14. The van der Waals surface area contributed by atoms with E-state index >= 15 is 0 Å². The Balaban J connectivity index is 1.76. The van der Waals surface area contributed by atoms with E-state index in [9.17, 15) is 9.59 Å². The summed E-state index contributed by atoms with van der Waals surface area (Å²) in [4.78, 5) is 28.1. The van der Waals surface area contributed by atoms with Gasteiger partial charge in [0.2, 0.25) is 5.16 Å². The van der Waals surface area contributed by atoms with Crippen LogP contribution in [0.3, 0.4) is 0 Å². The number of thiophene rings is 1. The van der Waals surface area contributed by atoms with Crippen molar-refractivity contribution in [1.82, 2.24) is 19.9 Å². The van der Waals surface area contributed by atoms with E-state index in [4.69, 9.17) is 5.84 Å². The molecule has 3 rings (SSSR count). The molecule has 0 saturated carbocycles. The number of rotatable bonds is 6. The maximum absolute atomic E-state index is 12.5. The van der Waals surface area contributed by atoms with Crippen molar-refractivity contribution in [3.63, 3.8) is 0 Å². The lowest BCUT2D eigenvalue weighted by molar-refractivity contribution is 0.101. The van der Waals surface area contributed by atoms with Crippen molar-refractivity contribution in [3.8, 4) is 10.7 Å². The minimum Gasteiger partial charge on any atom is -0.355 e. The monoisotopic (exact) mass is 375 g/mol. The Bertz CT molecular complexity index is 940. The number of carbonyl (C=O) groups is 2. The van der Waals surface area contributed by atoms with Crippen LogP contribution in [0.1, 0.15) is 39.0 Å². The minimum absolute atomic E-state index is 0.0553. The molecule has 0 fully saturated rings. The van der Waals surface area contributed by atoms with Gasteiger partial charge in [0.1, 0.15) is 0 Å². The molecule has 0 unspecified atom stereocenters. The van der Waals surface area contributed by atoms with Crippen LogP contribution in [0.2, 0.25) is 0 Å². The summed E-state index contributed by atoms with van der Waals surface area (Å²) in [6.45, 7) is 5.06. The highest BCUT2D eigenvalue weighted by atomic mass is 32.2. The molecule has 0 aromatic carbocycles. The molecule has 0 aliphatic carbocycles. The van der Waals surface area contributed by atoms with Crippen LogP contribution in [0.15, 0.2) is 22.7 Å². The highest BCUT2D eigenvalue weighted by molar-refractivity contribution is 7.99. The Morgan fingerprint density at radius 2 is 2.12 bits per heavy atom. The van der Waals surface area contributed by atoms with E-state index in [1.807, 2.05) is 17.5 Å². The molecular formula is C16H17N5O2S2. The van der Waals surface area contributed by atoms with Crippen LogP contribution < -0.4 is 5.84 Å².